The van der Waals surface area contributed by atoms with Crippen LogP contribution in [0.4, 0.5) is 4.79 Å². The summed E-state index contributed by atoms with van der Waals surface area (Å²) in [6.07, 6.45) is 0.450. The number of nitrogens with zero attached hydrogens (tertiary/aromatic N) is 1. The second-order valence-corrected chi connectivity index (χ2v) is 6.12. The Hall–Kier alpha value is -2.24. The molecule has 2 aromatic carbocycles. The summed E-state index contributed by atoms with van der Waals surface area (Å²) in [4.78, 5) is 13.0. The maximum absolute atomic E-state index is 11.6. The number of rotatable bonds is 7. The molecule has 2 rings (SSSR count). The molecule has 26 heavy (non-hydrogen) atoms. The first-order chi connectivity index (χ1) is 12.0. The number of amides is 1. The molecule has 5 nitrogen and oxygen atoms in total. The lowest BCUT2D eigenvalue weighted by molar-refractivity contribution is 0.172. The smallest absolute Gasteiger partial charge is 0.414 e. The Morgan fingerprint density at radius 3 is 2.15 bits per heavy atom. The van der Waals surface area contributed by atoms with E-state index in [0.717, 1.165) is 17.7 Å². The standard InChI is InChI=1S/C20H26N2O3.ClH/c1-15-5-9-17(10-6-15)24-14-13-19(21-2)16-7-11-18(12-8-16)25-20(23)22(3)4;/h5-12,19,21H,13-14H2,1-4H3;1H. The van der Waals surface area contributed by atoms with Crippen molar-refractivity contribution in [3.63, 3.8) is 0 Å². The van der Waals surface area contributed by atoms with Gasteiger partial charge in [0.2, 0.25) is 0 Å². The Morgan fingerprint density at radius 2 is 1.62 bits per heavy atom. The van der Waals surface area contributed by atoms with E-state index in [2.05, 4.69) is 12.2 Å². The van der Waals surface area contributed by atoms with Crippen molar-refractivity contribution in [1.82, 2.24) is 10.2 Å². The fourth-order valence-electron chi connectivity index (χ4n) is 2.37. The summed E-state index contributed by atoms with van der Waals surface area (Å²) in [6, 6.07) is 15.8. The molecule has 6 heteroatoms. The lowest BCUT2D eigenvalue weighted by atomic mass is 10.0. The Kier molecular flexibility index (Phi) is 8.96. The first-order valence-electron chi connectivity index (χ1n) is 8.35. The largest absolute Gasteiger partial charge is 0.494 e. The molecule has 1 atom stereocenters. The van der Waals surface area contributed by atoms with Gasteiger partial charge in [0.1, 0.15) is 11.5 Å². The minimum absolute atomic E-state index is 0. The van der Waals surface area contributed by atoms with E-state index in [1.54, 1.807) is 14.1 Å². The summed E-state index contributed by atoms with van der Waals surface area (Å²) < 4.78 is 11.0. The van der Waals surface area contributed by atoms with Gasteiger partial charge in [-0.15, -0.1) is 12.4 Å². The lowest BCUT2D eigenvalue weighted by Gasteiger charge is -2.18. The predicted octanol–water partition coefficient (Wildman–Crippen LogP) is 4.21. The molecule has 1 N–H and O–H groups in total. The van der Waals surface area contributed by atoms with Crippen molar-refractivity contribution in [1.29, 1.82) is 0 Å². The van der Waals surface area contributed by atoms with Crippen molar-refractivity contribution in [2.24, 2.45) is 0 Å². The van der Waals surface area contributed by atoms with Gasteiger partial charge in [0.25, 0.3) is 0 Å². The summed E-state index contributed by atoms with van der Waals surface area (Å²) in [6.45, 7) is 2.67. The second-order valence-electron chi connectivity index (χ2n) is 6.12. The van der Waals surface area contributed by atoms with Crippen LogP contribution in [0.5, 0.6) is 11.5 Å². The molecule has 0 aliphatic carbocycles. The molecule has 0 spiro atoms. The first-order valence-corrected chi connectivity index (χ1v) is 8.35. The SMILES string of the molecule is CNC(CCOc1ccc(C)cc1)c1ccc(OC(=O)N(C)C)cc1.Cl. The molecule has 0 aromatic heterocycles. The van der Waals surface area contributed by atoms with E-state index < -0.39 is 0 Å². The van der Waals surface area contributed by atoms with Gasteiger partial charge >= 0.3 is 6.09 Å². The van der Waals surface area contributed by atoms with Gasteiger partial charge in [-0.1, -0.05) is 29.8 Å². The Bertz CT molecular complexity index is 672. The highest BCUT2D eigenvalue weighted by molar-refractivity contribution is 5.85. The molecule has 2 aromatic rings. The first kappa shape index (κ1) is 21.8. The Morgan fingerprint density at radius 1 is 1.04 bits per heavy atom. The van der Waals surface area contributed by atoms with E-state index in [0.29, 0.717) is 12.4 Å². The minimum Gasteiger partial charge on any atom is -0.494 e. The van der Waals surface area contributed by atoms with E-state index in [9.17, 15) is 4.79 Å². The van der Waals surface area contributed by atoms with Crippen LogP contribution in [0.1, 0.15) is 23.6 Å². The third-order valence-corrected chi connectivity index (χ3v) is 3.90. The van der Waals surface area contributed by atoms with E-state index in [1.807, 2.05) is 55.6 Å². The van der Waals surface area contributed by atoms with Crippen LogP contribution in [0.2, 0.25) is 0 Å². The summed E-state index contributed by atoms with van der Waals surface area (Å²) in [5, 5.41) is 3.30. The van der Waals surface area contributed by atoms with Crippen LogP contribution in [-0.4, -0.2) is 38.7 Å². The monoisotopic (exact) mass is 378 g/mol. The average Bonchev–Trinajstić information content (AvgIpc) is 2.61. The van der Waals surface area contributed by atoms with Crippen molar-refractivity contribution >= 4 is 18.5 Å². The van der Waals surface area contributed by atoms with Crippen molar-refractivity contribution in [2.45, 2.75) is 19.4 Å². The molecule has 0 aliphatic heterocycles. The maximum Gasteiger partial charge on any atom is 0.414 e. The molecule has 1 unspecified atom stereocenters. The topological polar surface area (TPSA) is 50.8 Å². The quantitative estimate of drug-likeness (QED) is 0.784. The van der Waals surface area contributed by atoms with Crippen LogP contribution in [0.3, 0.4) is 0 Å². The van der Waals surface area contributed by atoms with Crippen LogP contribution in [0.15, 0.2) is 48.5 Å². The Balaban J connectivity index is 0.00000338. The highest BCUT2D eigenvalue weighted by atomic mass is 35.5. The minimum atomic E-state index is -0.385. The van der Waals surface area contributed by atoms with Gasteiger partial charge in [-0.3, -0.25) is 0 Å². The molecular formula is C20H27ClN2O3. The number of ether oxygens (including phenoxy) is 2. The van der Waals surface area contributed by atoms with Gasteiger partial charge in [-0.2, -0.15) is 0 Å². The lowest BCUT2D eigenvalue weighted by Crippen LogP contribution is -2.25. The van der Waals surface area contributed by atoms with Crippen molar-refractivity contribution < 1.29 is 14.3 Å². The van der Waals surface area contributed by atoms with Crippen molar-refractivity contribution in [2.75, 3.05) is 27.7 Å². The van der Waals surface area contributed by atoms with Gasteiger partial charge in [-0.25, -0.2) is 4.79 Å². The number of hydrogen-bond donors (Lipinski definition) is 1. The third kappa shape index (κ3) is 6.58. The van der Waals surface area contributed by atoms with Gasteiger partial charge in [0.05, 0.1) is 6.61 Å². The second kappa shape index (κ2) is 10.7. The molecule has 1 amide bonds. The molecule has 0 saturated heterocycles. The van der Waals surface area contributed by atoms with Crippen LogP contribution in [-0.2, 0) is 0 Å². The summed E-state index contributed by atoms with van der Waals surface area (Å²) in [5.41, 5.74) is 2.34. The average molecular weight is 379 g/mol. The van der Waals surface area contributed by atoms with Gasteiger partial charge in [0.15, 0.2) is 0 Å². The third-order valence-electron chi connectivity index (χ3n) is 3.90. The molecule has 0 bridgehead atoms. The zero-order valence-corrected chi connectivity index (χ0v) is 16.5. The van der Waals surface area contributed by atoms with Crippen LogP contribution in [0.25, 0.3) is 0 Å². The van der Waals surface area contributed by atoms with E-state index in [4.69, 9.17) is 9.47 Å². The molecule has 0 saturated carbocycles. The van der Waals surface area contributed by atoms with Gasteiger partial charge < -0.3 is 19.7 Å². The fraction of sp³-hybridized carbons (Fsp3) is 0.350. The highest BCUT2D eigenvalue weighted by Gasteiger charge is 2.11. The predicted molar refractivity (Wildman–Crippen MR) is 106 cm³/mol. The molecule has 0 aliphatic rings. The van der Waals surface area contributed by atoms with Crippen LogP contribution in [0, 0.1) is 6.92 Å². The highest BCUT2D eigenvalue weighted by Crippen LogP contribution is 2.21. The zero-order chi connectivity index (χ0) is 18.2. The molecule has 142 valence electrons. The number of carbonyl (C=O) groups is 1. The van der Waals surface area contributed by atoms with Crippen LogP contribution >= 0.6 is 12.4 Å². The van der Waals surface area contributed by atoms with Gasteiger partial charge in [-0.05, 0) is 43.8 Å². The van der Waals surface area contributed by atoms with Gasteiger partial charge in [0, 0.05) is 26.6 Å². The number of hydrogen-bond acceptors (Lipinski definition) is 4. The van der Waals surface area contributed by atoms with E-state index in [1.165, 1.54) is 10.5 Å². The number of nitrogens with one attached hydrogen (secondary N) is 1. The Labute approximate surface area is 161 Å². The maximum atomic E-state index is 11.6. The molecule has 0 fully saturated rings. The van der Waals surface area contributed by atoms with Crippen molar-refractivity contribution in [3.05, 3.63) is 59.7 Å². The normalized spacial score (nSPS) is 11.2. The summed E-state index contributed by atoms with van der Waals surface area (Å²) >= 11 is 0. The number of halogens is 1. The van der Waals surface area contributed by atoms with Crippen LogP contribution < -0.4 is 14.8 Å². The number of benzene rings is 2. The fourth-order valence-corrected chi connectivity index (χ4v) is 2.37. The molecule has 0 heterocycles. The summed E-state index contributed by atoms with van der Waals surface area (Å²) in [7, 11) is 5.24. The summed E-state index contributed by atoms with van der Waals surface area (Å²) in [5.74, 6) is 1.42. The number of carbonyl (C=O) groups excluding carboxylic acids is 1. The number of aryl methyl sites for hydroxylation is 1. The zero-order valence-electron chi connectivity index (χ0n) is 15.7. The molecular weight excluding hydrogens is 352 g/mol. The van der Waals surface area contributed by atoms with E-state index in [-0.39, 0.29) is 24.5 Å². The van der Waals surface area contributed by atoms with E-state index >= 15 is 0 Å². The van der Waals surface area contributed by atoms with Crippen molar-refractivity contribution in [3.8, 4) is 11.5 Å². The molecule has 0 radical (unpaired) electrons.